The average Bonchev–Trinajstić information content (AvgIpc) is 2.46. The Bertz CT molecular complexity index is 603. The molecule has 0 aliphatic heterocycles. The number of nitrogens with two attached hydrogens (primary N) is 1. The maximum Gasteiger partial charge on any atom is 0.244 e. The van der Waals surface area contributed by atoms with E-state index in [9.17, 15) is 4.79 Å². The highest BCUT2D eigenvalue weighted by atomic mass is 35.5. The van der Waals surface area contributed by atoms with E-state index >= 15 is 0 Å². The molecular weight excluding hydrogens is 272 g/mol. The summed E-state index contributed by atoms with van der Waals surface area (Å²) in [4.78, 5) is 11.7. The number of rotatable bonds is 4. The van der Waals surface area contributed by atoms with Gasteiger partial charge in [-0.25, -0.2) is 0 Å². The number of halogens is 1. The maximum atomic E-state index is 11.7. The van der Waals surface area contributed by atoms with Gasteiger partial charge in [-0.1, -0.05) is 35.9 Å². The van der Waals surface area contributed by atoms with Crippen molar-refractivity contribution >= 4 is 29.3 Å². The standard InChI is InChI=1S/C16H15ClN2O/c17-14-6-1-12(2-7-14)5-10-16(20)19-11-13-3-8-15(18)9-4-13/h1-10H,11,18H2,(H,19,20)/b10-5+. The Hall–Kier alpha value is -2.26. The fraction of sp³-hybridized carbons (Fsp3) is 0.0625. The zero-order valence-corrected chi connectivity index (χ0v) is 11.6. The predicted octanol–water partition coefficient (Wildman–Crippen LogP) is 3.25. The minimum Gasteiger partial charge on any atom is -0.399 e. The topological polar surface area (TPSA) is 55.1 Å². The van der Waals surface area contributed by atoms with Gasteiger partial charge in [0.15, 0.2) is 0 Å². The molecule has 2 aromatic carbocycles. The van der Waals surface area contributed by atoms with Crippen LogP contribution in [0, 0.1) is 0 Å². The first-order valence-corrected chi connectivity index (χ1v) is 6.57. The van der Waals surface area contributed by atoms with Crippen molar-refractivity contribution in [3.63, 3.8) is 0 Å². The van der Waals surface area contributed by atoms with E-state index in [-0.39, 0.29) is 5.91 Å². The maximum absolute atomic E-state index is 11.7. The van der Waals surface area contributed by atoms with E-state index in [0.717, 1.165) is 11.1 Å². The second-order valence-corrected chi connectivity index (χ2v) is 4.78. The number of benzene rings is 2. The minimum absolute atomic E-state index is 0.142. The molecule has 3 nitrogen and oxygen atoms in total. The van der Waals surface area contributed by atoms with Crippen LogP contribution >= 0.6 is 11.6 Å². The molecule has 3 N–H and O–H groups in total. The van der Waals surface area contributed by atoms with Gasteiger partial charge in [0.25, 0.3) is 0 Å². The molecule has 0 saturated carbocycles. The molecule has 0 saturated heterocycles. The highest BCUT2D eigenvalue weighted by molar-refractivity contribution is 6.30. The lowest BCUT2D eigenvalue weighted by atomic mass is 10.2. The van der Waals surface area contributed by atoms with Crippen molar-refractivity contribution < 1.29 is 4.79 Å². The summed E-state index contributed by atoms with van der Waals surface area (Å²) in [6.45, 7) is 0.476. The van der Waals surface area contributed by atoms with Crippen LogP contribution in [0.5, 0.6) is 0 Å². The quantitative estimate of drug-likeness (QED) is 0.669. The molecular formula is C16H15ClN2O. The third-order valence-electron chi connectivity index (χ3n) is 2.74. The number of anilines is 1. The molecule has 1 amide bonds. The van der Waals surface area contributed by atoms with Crippen molar-refractivity contribution in [3.05, 3.63) is 70.8 Å². The second-order valence-electron chi connectivity index (χ2n) is 4.34. The Morgan fingerprint density at radius 3 is 2.40 bits per heavy atom. The van der Waals surface area contributed by atoms with Crippen LogP contribution in [0.4, 0.5) is 5.69 Å². The van der Waals surface area contributed by atoms with Crippen LogP contribution in [0.3, 0.4) is 0 Å². The minimum atomic E-state index is -0.142. The summed E-state index contributed by atoms with van der Waals surface area (Å²) in [7, 11) is 0. The number of carbonyl (C=O) groups excluding carboxylic acids is 1. The summed E-state index contributed by atoms with van der Waals surface area (Å²) in [5.41, 5.74) is 8.24. The number of nitrogens with one attached hydrogen (secondary N) is 1. The summed E-state index contributed by atoms with van der Waals surface area (Å²) >= 11 is 5.79. The first-order chi connectivity index (χ1) is 9.63. The van der Waals surface area contributed by atoms with E-state index in [1.54, 1.807) is 18.2 Å². The molecule has 0 aromatic heterocycles. The number of nitrogen functional groups attached to an aromatic ring is 1. The van der Waals surface area contributed by atoms with Gasteiger partial charge >= 0.3 is 0 Å². The van der Waals surface area contributed by atoms with Gasteiger partial charge < -0.3 is 11.1 Å². The van der Waals surface area contributed by atoms with Crippen molar-refractivity contribution in [1.29, 1.82) is 0 Å². The third-order valence-corrected chi connectivity index (χ3v) is 3.00. The Labute approximate surface area is 123 Å². The Morgan fingerprint density at radius 1 is 1.10 bits per heavy atom. The van der Waals surface area contributed by atoms with E-state index in [4.69, 9.17) is 17.3 Å². The first-order valence-electron chi connectivity index (χ1n) is 6.19. The SMILES string of the molecule is Nc1ccc(CNC(=O)/C=C/c2ccc(Cl)cc2)cc1. The second kappa shape index (κ2) is 6.78. The summed E-state index contributed by atoms with van der Waals surface area (Å²) in [6.07, 6.45) is 3.25. The van der Waals surface area contributed by atoms with Crippen molar-refractivity contribution in [3.8, 4) is 0 Å². The molecule has 0 fully saturated rings. The molecule has 102 valence electrons. The van der Waals surface area contributed by atoms with Crippen LogP contribution in [-0.2, 0) is 11.3 Å². The Kier molecular flexibility index (Phi) is 4.80. The van der Waals surface area contributed by atoms with E-state index in [1.165, 1.54) is 6.08 Å². The number of amides is 1. The van der Waals surface area contributed by atoms with Crippen LogP contribution in [0.15, 0.2) is 54.6 Å². The molecule has 0 aliphatic carbocycles. The van der Waals surface area contributed by atoms with Crippen LogP contribution in [0.1, 0.15) is 11.1 Å². The monoisotopic (exact) mass is 286 g/mol. The highest BCUT2D eigenvalue weighted by Crippen LogP contribution is 2.10. The fourth-order valence-corrected chi connectivity index (χ4v) is 1.76. The van der Waals surface area contributed by atoms with E-state index in [2.05, 4.69) is 5.32 Å². The van der Waals surface area contributed by atoms with Gasteiger partial charge in [-0.3, -0.25) is 4.79 Å². The van der Waals surface area contributed by atoms with Gasteiger partial charge in [0.05, 0.1) is 0 Å². The normalized spacial score (nSPS) is 10.7. The van der Waals surface area contributed by atoms with Gasteiger partial charge in [0.1, 0.15) is 0 Å². The van der Waals surface area contributed by atoms with Gasteiger partial charge in [-0.2, -0.15) is 0 Å². The van der Waals surface area contributed by atoms with Gasteiger partial charge in [-0.15, -0.1) is 0 Å². The smallest absolute Gasteiger partial charge is 0.244 e. The lowest BCUT2D eigenvalue weighted by Crippen LogP contribution is -2.20. The molecule has 0 heterocycles. The molecule has 0 radical (unpaired) electrons. The van der Waals surface area contributed by atoms with E-state index in [1.807, 2.05) is 36.4 Å². The van der Waals surface area contributed by atoms with Crippen molar-refractivity contribution in [2.75, 3.05) is 5.73 Å². The molecule has 4 heteroatoms. The highest BCUT2D eigenvalue weighted by Gasteiger charge is 1.97. The molecule has 0 atom stereocenters. The summed E-state index contributed by atoms with van der Waals surface area (Å²) in [5.74, 6) is -0.142. The molecule has 2 rings (SSSR count). The summed E-state index contributed by atoms with van der Waals surface area (Å²) < 4.78 is 0. The lowest BCUT2D eigenvalue weighted by Gasteiger charge is -2.03. The zero-order valence-electron chi connectivity index (χ0n) is 10.8. The molecule has 2 aromatic rings. The fourth-order valence-electron chi connectivity index (χ4n) is 1.63. The van der Waals surface area contributed by atoms with Crippen LogP contribution in [-0.4, -0.2) is 5.91 Å². The van der Waals surface area contributed by atoms with E-state index < -0.39 is 0 Å². The van der Waals surface area contributed by atoms with Crippen molar-refractivity contribution in [2.45, 2.75) is 6.54 Å². The Balaban J connectivity index is 1.86. The molecule has 0 spiro atoms. The summed E-state index contributed by atoms with van der Waals surface area (Å²) in [6, 6.07) is 14.7. The predicted molar refractivity (Wildman–Crippen MR) is 83.2 cm³/mol. The summed E-state index contributed by atoms with van der Waals surface area (Å²) in [5, 5.41) is 3.48. The number of carbonyl (C=O) groups is 1. The first kappa shape index (κ1) is 14.2. The molecule has 0 unspecified atom stereocenters. The number of hydrogen-bond acceptors (Lipinski definition) is 2. The average molecular weight is 287 g/mol. The molecule has 0 aliphatic rings. The van der Waals surface area contributed by atoms with Crippen LogP contribution in [0.25, 0.3) is 6.08 Å². The Morgan fingerprint density at radius 2 is 1.75 bits per heavy atom. The zero-order chi connectivity index (χ0) is 14.4. The van der Waals surface area contributed by atoms with Crippen molar-refractivity contribution in [1.82, 2.24) is 5.32 Å². The van der Waals surface area contributed by atoms with Crippen LogP contribution < -0.4 is 11.1 Å². The van der Waals surface area contributed by atoms with Gasteiger partial charge in [0.2, 0.25) is 5.91 Å². The van der Waals surface area contributed by atoms with E-state index in [0.29, 0.717) is 17.3 Å². The number of hydrogen-bond donors (Lipinski definition) is 2. The largest absolute Gasteiger partial charge is 0.399 e. The van der Waals surface area contributed by atoms with Gasteiger partial charge in [-0.05, 0) is 41.5 Å². The lowest BCUT2D eigenvalue weighted by molar-refractivity contribution is -0.116. The van der Waals surface area contributed by atoms with Crippen molar-refractivity contribution in [2.24, 2.45) is 0 Å². The molecule has 0 bridgehead atoms. The third kappa shape index (κ3) is 4.44. The van der Waals surface area contributed by atoms with Crippen LogP contribution in [0.2, 0.25) is 5.02 Å². The molecule has 20 heavy (non-hydrogen) atoms. The van der Waals surface area contributed by atoms with Gasteiger partial charge in [0, 0.05) is 23.3 Å².